The molecule has 0 aliphatic carbocycles. The minimum atomic E-state index is 0.506. The van der Waals surface area contributed by atoms with Crippen LogP contribution >= 0.6 is 0 Å². The predicted octanol–water partition coefficient (Wildman–Crippen LogP) is 29.4. The predicted molar refractivity (Wildman–Crippen MR) is 363 cm³/mol. The van der Waals surface area contributed by atoms with Crippen molar-refractivity contribution in [1.29, 1.82) is 0 Å². The molecule has 468 valence electrons. The van der Waals surface area contributed by atoms with Gasteiger partial charge >= 0.3 is 0 Å². The third kappa shape index (κ3) is 63.2. The summed E-state index contributed by atoms with van der Waals surface area (Å²) < 4.78 is 0. The second kappa shape index (κ2) is 53.0. The molecule has 0 aromatic heterocycles. The van der Waals surface area contributed by atoms with Crippen molar-refractivity contribution in [3.05, 3.63) is 0 Å². The Hall–Kier alpha value is 0. The van der Waals surface area contributed by atoms with E-state index < -0.39 is 0 Å². The summed E-state index contributed by atoms with van der Waals surface area (Å²) in [7, 11) is 0. The van der Waals surface area contributed by atoms with Crippen LogP contribution in [-0.4, -0.2) is 0 Å². The first-order chi connectivity index (χ1) is 35.0. The maximum absolute atomic E-state index is 2.45. The van der Waals surface area contributed by atoms with E-state index in [1.54, 1.807) is 0 Å². The van der Waals surface area contributed by atoms with Crippen LogP contribution in [0.25, 0.3) is 0 Å². The first kappa shape index (κ1) is 87.2. The molecule has 0 fully saturated rings. The van der Waals surface area contributed by atoms with Crippen LogP contribution in [0, 0.1) is 68.0 Å². The van der Waals surface area contributed by atoms with Gasteiger partial charge < -0.3 is 0 Å². The van der Waals surface area contributed by atoms with Crippen LogP contribution in [-0.2, 0) is 0 Å². The molecule has 0 saturated carbocycles. The molecule has 0 rings (SSSR count). The molecule has 0 aliphatic rings. The van der Waals surface area contributed by atoms with Crippen LogP contribution in [0.5, 0.6) is 0 Å². The van der Waals surface area contributed by atoms with Crippen LogP contribution in [0.4, 0.5) is 0 Å². The third-order valence-corrected chi connectivity index (χ3v) is 18.3. The molecule has 0 aromatic carbocycles. The maximum Gasteiger partial charge on any atom is -0.0354 e. The maximum atomic E-state index is 2.45. The Morgan fingerprint density at radius 1 is 0.184 bits per heavy atom. The molecule has 4 unspecified atom stereocenters. The lowest BCUT2D eigenvalue weighted by molar-refractivity contribution is 0.201. The summed E-state index contributed by atoms with van der Waals surface area (Å²) in [5, 5.41) is 0. The number of unbranched alkanes of at least 4 members (excludes halogenated alkanes) is 17. The Kier molecular flexibility index (Phi) is 60.9. The molecule has 0 saturated heterocycles. The van der Waals surface area contributed by atoms with Crippen LogP contribution in [0.3, 0.4) is 0 Å². The van der Waals surface area contributed by atoms with Crippen molar-refractivity contribution in [1.82, 2.24) is 0 Å². The van der Waals surface area contributed by atoms with Crippen LogP contribution in [0.1, 0.15) is 426 Å². The molecule has 4 atom stereocenters. The molecule has 76 heavy (non-hydrogen) atoms. The first-order valence-electron chi connectivity index (χ1n) is 35.0. The van der Waals surface area contributed by atoms with Crippen LogP contribution in [0.2, 0.25) is 0 Å². The van der Waals surface area contributed by atoms with E-state index in [0.29, 0.717) is 32.5 Å². The van der Waals surface area contributed by atoms with Gasteiger partial charge in [0, 0.05) is 0 Å². The number of rotatable bonds is 34. The Morgan fingerprint density at radius 2 is 0.382 bits per heavy atom. The highest BCUT2D eigenvalue weighted by molar-refractivity contribution is 4.76. The van der Waals surface area contributed by atoms with E-state index >= 15 is 0 Å². The summed E-state index contributed by atoms with van der Waals surface area (Å²) in [5.41, 5.74) is 3.07. The molecule has 0 heteroatoms. The number of hydrogen-bond donors (Lipinski definition) is 0. The van der Waals surface area contributed by atoms with Crippen molar-refractivity contribution in [2.24, 2.45) is 68.0 Å². The van der Waals surface area contributed by atoms with E-state index in [2.05, 4.69) is 208 Å². The van der Waals surface area contributed by atoms with E-state index in [0.717, 1.165) is 35.5 Å². The minimum absolute atomic E-state index is 0.506. The van der Waals surface area contributed by atoms with E-state index in [-0.39, 0.29) is 0 Å². The standard InChI is InChI=1S/C21H44.C12H26.3C11H24.C10H22/c1-6-8-10-12-14-16-18-20(21(3,4)5)19-17-15-13-11-9-7-2;1-6-7-8-9-10-11(2)12(3,4)5;1-6-7-8-9-10(2)11(3,4)5;1-6-8-9-10(7-2)11(3,4)5;1-6-8-10(9-7-2)11(3,4)5;1-6-7-8-9(2)10(3,4)5/h20H,6-19H2,1-5H3;11H,6-10H2,1-5H3;3*10H,6-9H2,1-5H3;9H,6-8H2,1-5H3. The van der Waals surface area contributed by atoms with Crippen molar-refractivity contribution < 1.29 is 0 Å². The first-order valence-corrected chi connectivity index (χ1v) is 35.0. The SMILES string of the molecule is CCCC(CCC)C(C)(C)C.CCCCC(C)C(C)(C)C.CCCCC(CC)C(C)(C)C.CCCCCC(C)C(C)(C)C.CCCCCCC(C)C(C)(C)C.CCCCCCCCC(CCCCCCCC)C(C)(C)C. The quantitative estimate of drug-likeness (QED) is 0.0564. The van der Waals surface area contributed by atoms with Gasteiger partial charge in [-0.1, -0.05) is 407 Å². The lowest BCUT2D eigenvalue weighted by Crippen LogP contribution is -2.20. The summed E-state index contributed by atoms with van der Waals surface area (Å²) in [6, 6.07) is 0. The van der Waals surface area contributed by atoms with Gasteiger partial charge in [-0.25, -0.2) is 0 Å². The smallest absolute Gasteiger partial charge is 0.0354 e. The molecule has 0 aromatic rings. The number of hydrogen-bond acceptors (Lipinski definition) is 0. The Labute approximate surface area is 491 Å². The summed E-state index contributed by atoms with van der Waals surface area (Å²) >= 11 is 0. The largest absolute Gasteiger partial charge is 0.0654 e. The highest BCUT2D eigenvalue weighted by Gasteiger charge is 2.25. The van der Waals surface area contributed by atoms with Crippen molar-refractivity contribution in [3.63, 3.8) is 0 Å². The van der Waals surface area contributed by atoms with Gasteiger partial charge in [0.15, 0.2) is 0 Å². The molecule has 0 nitrogen and oxygen atoms in total. The van der Waals surface area contributed by atoms with Crippen molar-refractivity contribution in [3.8, 4) is 0 Å². The van der Waals surface area contributed by atoms with Gasteiger partial charge in [0.2, 0.25) is 0 Å². The van der Waals surface area contributed by atoms with Crippen LogP contribution in [0.15, 0.2) is 0 Å². The molecular formula is C76H164. The second-order valence-electron chi connectivity index (χ2n) is 31.7. The van der Waals surface area contributed by atoms with E-state index in [9.17, 15) is 0 Å². The van der Waals surface area contributed by atoms with E-state index in [1.807, 2.05) is 0 Å². The lowest BCUT2D eigenvalue weighted by atomic mass is 9.75. The molecule has 0 radical (unpaired) electrons. The minimum Gasteiger partial charge on any atom is -0.0654 e. The van der Waals surface area contributed by atoms with Crippen molar-refractivity contribution in [2.45, 2.75) is 426 Å². The van der Waals surface area contributed by atoms with Gasteiger partial charge in [-0.15, -0.1) is 0 Å². The molecule has 0 spiro atoms. The fraction of sp³-hybridized carbons (Fsp3) is 1.00. The average Bonchev–Trinajstić information content (AvgIpc) is 3.30. The zero-order chi connectivity index (χ0) is 60.5. The zero-order valence-electron chi connectivity index (χ0n) is 60.5. The Balaban J connectivity index is -0.000000198. The fourth-order valence-electron chi connectivity index (χ4n) is 10.1. The Bertz CT molecular complexity index is 1060. The molecule has 0 bridgehead atoms. The van der Waals surface area contributed by atoms with Crippen molar-refractivity contribution in [2.75, 3.05) is 0 Å². The van der Waals surface area contributed by atoms with Gasteiger partial charge in [-0.05, 0) is 87.3 Å². The molecular weight excluding hydrogens is 913 g/mol. The molecule has 0 aliphatic heterocycles. The molecule has 0 amide bonds. The topological polar surface area (TPSA) is 0 Å². The highest BCUT2D eigenvalue weighted by Crippen LogP contribution is 2.36. The zero-order valence-corrected chi connectivity index (χ0v) is 60.5. The molecule has 0 N–H and O–H groups in total. The third-order valence-electron chi connectivity index (χ3n) is 18.3. The normalized spacial score (nSPS) is 13.9. The van der Waals surface area contributed by atoms with Gasteiger partial charge in [0.05, 0.1) is 0 Å². The fourth-order valence-corrected chi connectivity index (χ4v) is 10.1. The second-order valence-corrected chi connectivity index (χ2v) is 31.7. The molecule has 0 heterocycles. The summed E-state index contributed by atoms with van der Waals surface area (Å²) in [6.07, 6.45) is 47.8. The lowest BCUT2D eigenvalue weighted by Gasteiger charge is -2.31. The van der Waals surface area contributed by atoms with Gasteiger partial charge in [-0.3, -0.25) is 0 Å². The monoisotopic (exact) mass is 1080 g/mol. The van der Waals surface area contributed by atoms with Crippen molar-refractivity contribution >= 4 is 0 Å². The summed E-state index contributed by atoms with van der Waals surface area (Å²) in [5.74, 6) is 5.39. The van der Waals surface area contributed by atoms with E-state index in [1.165, 1.54) is 218 Å². The van der Waals surface area contributed by atoms with E-state index in [4.69, 9.17) is 0 Å². The van der Waals surface area contributed by atoms with Gasteiger partial charge in [0.1, 0.15) is 0 Å². The summed E-state index contributed by atoms with van der Waals surface area (Å²) in [4.78, 5) is 0. The summed E-state index contributed by atoms with van der Waals surface area (Å²) in [6.45, 7) is 70.2. The highest BCUT2D eigenvalue weighted by atomic mass is 14.3. The van der Waals surface area contributed by atoms with Gasteiger partial charge in [-0.2, -0.15) is 0 Å². The van der Waals surface area contributed by atoms with Gasteiger partial charge in [0.25, 0.3) is 0 Å². The average molecular weight is 1080 g/mol. The van der Waals surface area contributed by atoms with Crippen LogP contribution < -0.4 is 0 Å². The Morgan fingerprint density at radius 3 is 0.645 bits per heavy atom.